The van der Waals surface area contributed by atoms with Gasteiger partial charge in [-0.2, -0.15) is 0 Å². The standard InChI is InChI=1S/C16H26N7O7P/c1-3-7(2)9(17)15(26)22-31(27,28)29-4-8-11(24)12(25)16(30-8)23-6-21-10-13(18)19-5-20-14(10)23/h5-9,11-12,16,24-25H,3-4,17H2,1-2H3,(H2,18,19,20)(H2,22,26,27,28)/t7?,8-,9+,11-,12-,16-/m1/s1. The third kappa shape index (κ3) is 4.85. The Morgan fingerprint density at radius 3 is 2.84 bits per heavy atom. The van der Waals surface area contributed by atoms with E-state index in [1.54, 1.807) is 6.92 Å². The molecule has 0 saturated carbocycles. The quantitative estimate of drug-likeness (QED) is 0.255. The van der Waals surface area contributed by atoms with Gasteiger partial charge in [-0.3, -0.25) is 19.0 Å². The van der Waals surface area contributed by atoms with Gasteiger partial charge in [0.1, 0.15) is 30.2 Å². The van der Waals surface area contributed by atoms with Crippen molar-refractivity contribution in [1.82, 2.24) is 24.6 Å². The lowest BCUT2D eigenvalue weighted by molar-refractivity contribution is -0.415. The molecule has 172 valence electrons. The van der Waals surface area contributed by atoms with Crippen LogP contribution in [-0.4, -0.2) is 66.6 Å². The number of nitrogens with two attached hydrogens (primary N) is 1. The van der Waals surface area contributed by atoms with Crippen LogP contribution in [0.5, 0.6) is 0 Å². The molecule has 2 aromatic heterocycles. The number of aliphatic hydroxyl groups is 2. The highest BCUT2D eigenvalue weighted by molar-refractivity contribution is 7.49. The molecule has 1 fully saturated rings. The van der Waals surface area contributed by atoms with Crippen LogP contribution < -0.4 is 21.4 Å². The van der Waals surface area contributed by atoms with E-state index in [0.29, 0.717) is 6.42 Å². The Morgan fingerprint density at radius 1 is 1.45 bits per heavy atom. The van der Waals surface area contributed by atoms with E-state index in [1.165, 1.54) is 17.2 Å². The summed E-state index contributed by atoms with van der Waals surface area (Å²) >= 11 is 0. The number of imidazole rings is 1. The first-order chi connectivity index (χ1) is 14.6. The average Bonchev–Trinajstić information content (AvgIpc) is 3.27. The van der Waals surface area contributed by atoms with Gasteiger partial charge in [0.2, 0.25) is 7.75 Å². The van der Waals surface area contributed by atoms with Gasteiger partial charge in [0, 0.05) is 5.92 Å². The summed E-state index contributed by atoms with van der Waals surface area (Å²) < 4.78 is 23.9. The molecule has 2 unspecified atom stereocenters. The monoisotopic (exact) mass is 459 g/mol. The maximum atomic E-state index is 12.1. The molecule has 14 nitrogen and oxygen atoms in total. The van der Waals surface area contributed by atoms with Crippen LogP contribution in [0.4, 0.5) is 5.82 Å². The smallest absolute Gasteiger partial charge is 0.284 e. The number of aliphatic hydroxyl groups excluding tert-OH is 2. The predicted octanol–water partition coefficient (Wildman–Crippen LogP) is -2.71. The van der Waals surface area contributed by atoms with Crippen LogP contribution in [0.15, 0.2) is 12.7 Å². The number of hydrogen-bond acceptors (Lipinski definition) is 11. The van der Waals surface area contributed by atoms with E-state index in [1.807, 2.05) is 12.0 Å². The van der Waals surface area contributed by atoms with E-state index >= 15 is 0 Å². The molecule has 0 spiro atoms. The normalized spacial score (nSPS) is 27.7. The summed E-state index contributed by atoms with van der Waals surface area (Å²) in [7, 11) is -4.80. The largest absolute Gasteiger partial charge is 0.762 e. The molecule has 0 aliphatic carbocycles. The number of rotatable bonds is 8. The van der Waals surface area contributed by atoms with Gasteiger partial charge in [0.05, 0.1) is 12.9 Å². The number of ether oxygens (including phenoxy) is 1. The van der Waals surface area contributed by atoms with Crippen molar-refractivity contribution in [2.75, 3.05) is 12.3 Å². The van der Waals surface area contributed by atoms with Gasteiger partial charge in [0.15, 0.2) is 23.7 Å². The Hall–Kier alpha value is -2.19. The van der Waals surface area contributed by atoms with E-state index in [4.69, 9.17) is 15.0 Å². The number of nitrogen functional groups attached to an aromatic ring is 1. The van der Waals surface area contributed by atoms with Crippen LogP contribution in [0, 0.1) is 5.92 Å². The SMILES string of the molecule is CCC(C)[C@H]([NH3+])C(=O)NP(=O)([O-])OC[C@H]1O[C@@H](n2cnc3c(N)ncnc32)[C@H](O)[C@@H]1O. The van der Waals surface area contributed by atoms with Gasteiger partial charge in [-0.1, -0.05) is 13.8 Å². The molecule has 15 heteroatoms. The Kier molecular flexibility index (Phi) is 6.91. The second-order valence-corrected chi connectivity index (χ2v) is 8.87. The van der Waals surface area contributed by atoms with Crippen molar-refractivity contribution in [3.63, 3.8) is 0 Å². The maximum Gasteiger partial charge on any atom is 0.284 e. The summed E-state index contributed by atoms with van der Waals surface area (Å²) in [6.07, 6.45) is -2.08. The van der Waals surface area contributed by atoms with E-state index in [0.717, 1.165) is 0 Å². The molecule has 1 aliphatic rings. The fraction of sp³-hybridized carbons (Fsp3) is 0.625. The van der Waals surface area contributed by atoms with Gasteiger partial charge in [-0.15, -0.1) is 0 Å². The number of nitrogens with zero attached hydrogens (tertiary/aromatic N) is 4. The second-order valence-electron chi connectivity index (χ2n) is 7.39. The number of fused-ring (bicyclic) bond motifs is 1. The van der Waals surface area contributed by atoms with E-state index in [9.17, 15) is 24.5 Å². The fourth-order valence-electron chi connectivity index (χ4n) is 3.12. The Labute approximate surface area is 177 Å². The van der Waals surface area contributed by atoms with Crippen molar-refractivity contribution in [1.29, 1.82) is 0 Å². The lowest BCUT2D eigenvalue weighted by Crippen LogP contribution is -2.70. The molecule has 0 bridgehead atoms. The zero-order valence-corrected chi connectivity index (χ0v) is 17.9. The highest BCUT2D eigenvalue weighted by atomic mass is 31.2. The van der Waals surface area contributed by atoms with Crippen molar-refractivity contribution >= 4 is 30.6 Å². The van der Waals surface area contributed by atoms with Crippen LogP contribution in [0.25, 0.3) is 11.2 Å². The van der Waals surface area contributed by atoms with Crippen molar-refractivity contribution in [2.24, 2.45) is 5.92 Å². The van der Waals surface area contributed by atoms with Crippen LogP contribution >= 0.6 is 7.75 Å². The molecule has 0 radical (unpaired) electrons. The molecule has 2 aromatic rings. The summed E-state index contributed by atoms with van der Waals surface area (Å²) in [6.45, 7) is 2.99. The highest BCUT2D eigenvalue weighted by Gasteiger charge is 2.45. The van der Waals surface area contributed by atoms with Gasteiger partial charge in [0.25, 0.3) is 5.91 Å². The molecular weight excluding hydrogens is 433 g/mol. The fourth-order valence-corrected chi connectivity index (χ4v) is 3.96. The number of hydrogen-bond donors (Lipinski definition) is 5. The number of carbonyl (C=O) groups is 1. The Morgan fingerprint density at radius 2 is 2.16 bits per heavy atom. The lowest BCUT2D eigenvalue weighted by atomic mass is 10.00. The zero-order valence-electron chi connectivity index (χ0n) is 17.0. The van der Waals surface area contributed by atoms with Crippen molar-refractivity contribution in [2.45, 2.75) is 50.8 Å². The number of amides is 1. The minimum Gasteiger partial charge on any atom is -0.762 e. The Balaban J connectivity index is 1.66. The number of aromatic nitrogens is 4. The summed E-state index contributed by atoms with van der Waals surface area (Å²) in [6, 6.07) is -0.778. The van der Waals surface area contributed by atoms with E-state index in [2.05, 4.69) is 20.7 Å². The molecule has 7 atom stereocenters. The first kappa shape index (κ1) is 23.5. The van der Waals surface area contributed by atoms with Crippen LogP contribution in [0.1, 0.15) is 26.5 Å². The highest BCUT2D eigenvalue weighted by Crippen LogP contribution is 2.36. The van der Waals surface area contributed by atoms with E-state index in [-0.39, 0.29) is 22.9 Å². The molecule has 1 aliphatic heterocycles. The van der Waals surface area contributed by atoms with Crippen LogP contribution in [-0.2, 0) is 18.6 Å². The van der Waals surface area contributed by atoms with Crippen molar-refractivity contribution < 1.29 is 39.5 Å². The molecule has 31 heavy (non-hydrogen) atoms. The number of quaternary nitrogens is 1. The minimum absolute atomic E-state index is 0.126. The minimum atomic E-state index is -4.80. The summed E-state index contributed by atoms with van der Waals surface area (Å²) in [5.74, 6) is -0.791. The third-order valence-electron chi connectivity index (χ3n) is 5.32. The number of carbonyl (C=O) groups excluding carboxylic acids is 1. The first-order valence-corrected chi connectivity index (χ1v) is 11.1. The number of nitrogens with one attached hydrogen (secondary N) is 1. The van der Waals surface area contributed by atoms with Gasteiger partial charge in [-0.05, 0) is 6.42 Å². The van der Waals surface area contributed by atoms with Gasteiger partial charge >= 0.3 is 0 Å². The Bertz CT molecular complexity index is 988. The van der Waals surface area contributed by atoms with Gasteiger partial charge < -0.3 is 35.8 Å². The molecule has 1 saturated heterocycles. The van der Waals surface area contributed by atoms with E-state index < -0.39 is 50.8 Å². The third-order valence-corrected chi connectivity index (χ3v) is 6.31. The predicted molar refractivity (Wildman–Crippen MR) is 103 cm³/mol. The van der Waals surface area contributed by atoms with Gasteiger partial charge in [-0.25, -0.2) is 15.0 Å². The molecule has 1 amide bonds. The first-order valence-electron chi connectivity index (χ1n) is 9.61. The average molecular weight is 459 g/mol. The summed E-state index contributed by atoms with van der Waals surface area (Å²) in [5.41, 5.74) is 9.95. The van der Waals surface area contributed by atoms with Crippen LogP contribution in [0.3, 0.4) is 0 Å². The summed E-state index contributed by atoms with van der Waals surface area (Å²) in [5, 5.41) is 22.5. The lowest BCUT2D eigenvalue weighted by Gasteiger charge is -2.27. The maximum absolute atomic E-state index is 12.1. The van der Waals surface area contributed by atoms with Crippen LogP contribution in [0.2, 0.25) is 0 Å². The second kappa shape index (κ2) is 9.12. The zero-order chi connectivity index (χ0) is 22.9. The summed E-state index contributed by atoms with van der Waals surface area (Å²) in [4.78, 5) is 36.1. The molecular formula is C16H26N7O7P. The molecule has 8 N–H and O–H groups in total. The molecule has 0 aromatic carbocycles. The topological polar surface area (TPSA) is 225 Å². The van der Waals surface area contributed by atoms with Crippen molar-refractivity contribution in [3.8, 4) is 0 Å². The number of anilines is 1. The van der Waals surface area contributed by atoms with Crippen molar-refractivity contribution in [3.05, 3.63) is 12.7 Å². The molecule has 3 rings (SSSR count). The molecule has 3 heterocycles.